The first kappa shape index (κ1) is 27.8. The van der Waals surface area contributed by atoms with Gasteiger partial charge in [0.2, 0.25) is 0 Å². The van der Waals surface area contributed by atoms with Crippen molar-refractivity contribution in [2.45, 2.75) is 109 Å². The minimum Gasteiger partial charge on any atom is -0.481 e. The molecule has 39 heavy (non-hydrogen) atoms. The van der Waals surface area contributed by atoms with Crippen molar-refractivity contribution in [2.24, 2.45) is 5.92 Å². The van der Waals surface area contributed by atoms with Crippen LogP contribution in [0.1, 0.15) is 124 Å². The molecule has 6 heteroatoms. The van der Waals surface area contributed by atoms with Gasteiger partial charge in [0.05, 0.1) is 18.0 Å². The molecule has 2 aliphatic carbocycles. The molecule has 1 aromatic heterocycles. The van der Waals surface area contributed by atoms with Crippen molar-refractivity contribution in [1.82, 2.24) is 4.57 Å². The largest absolute Gasteiger partial charge is 0.481 e. The Morgan fingerprint density at radius 3 is 2.31 bits per heavy atom. The Balaban J connectivity index is 1.67. The number of hydrogen-bond acceptors (Lipinski definition) is 1. The van der Waals surface area contributed by atoms with Crippen LogP contribution in [0.3, 0.4) is 0 Å². The van der Waals surface area contributed by atoms with Crippen molar-refractivity contribution in [3.8, 4) is 0 Å². The van der Waals surface area contributed by atoms with E-state index in [4.69, 9.17) is 0 Å². The molecule has 0 unspecified atom stereocenters. The predicted molar refractivity (Wildman–Crippen MR) is 149 cm³/mol. The van der Waals surface area contributed by atoms with Gasteiger partial charge in [0, 0.05) is 22.5 Å². The standard InChI is InChI=1S/C33H40F3NO2/c1-21(2)24-14-18-30-28(19-24)27-10-6-9-25(20-31(38)39)32(27)37(30)29(17-11-22-7-4-3-5-8-22)23-12-15-26(16-13-23)33(34,35)36/h12-16,18-19,21-22,25,29H,3-11,17,20H2,1-2H3,(H,38,39)/t25-,29-/m0/s1. The second-order valence-corrected chi connectivity index (χ2v) is 12.1. The molecular weight excluding hydrogens is 499 g/mol. The zero-order valence-electron chi connectivity index (χ0n) is 23.1. The van der Waals surface area contributed by atoms with Crippen LogP contribution < -0.4 is 0 Å². The average Bonchev–Trinajstić information content (AvgIpc) is 3.23. The molecule has 1 N–H and O–H groups in total. The van der Waals surface area contributed by atoms with Gasteiger partial charge in [0.1, 0.15) is 0 Å². The van der Waals surface area contributed by atoms with Crippen molar-refractivity contribution >= 4 is 16.9 Å². The molecule has 210 valence electrons. The van der Waals surface area contributed by atoms with Gasteiger partial charge in [-0.3, -0.25) is 4.79 Å². The topological polar surface area (TPSA) is 42.2 Å². The Morgan fingerprint density at radius 2 is 1.67 bits per heavy atom. The number of aliphatic carboxylic acids is 1. The Hall–Kier alpha value is -2.76. The van der Waals surface area contributed by atoms with E-state index in [-0.39, 0.29) is 18.4 Å². The van der Waals surface area contributed by atoms with Crippen molar-refractivity contribution in [3.05, 3.63) is 70.4 Å². The summed E-state index contributed by atoms with van der Waals surface area (Å²) in [5.74, 6) is 0.0909. The number of benzene rings is 2. The number of hydrogen-bond donors (Lipinski definition) is 1. The fourth-order valence-electron chi connectivity index (χ4n) is 7.10. The third-order valence-electron chi connectivity index (χ3n) is 9.14. The number of aryl methyl sites for hydroxylation is 1. The van der Waals surface area contributed by atoms with E-state index in [0.717, 1.165) is 48.9 Å². The minimum atomic E-state index is -4.38. The van der Waals surface area contributed by atoms with E-state index in [1.807, 2.05) is 0 Å². The highest BCUT2D eigenvalue weighted by Crippen LogP contribution is 2.45. The molecule has 5 rings (SSSR count). The molecule has 3 aromatic rings. The number of fused-ring (bicyclic) bond motifs is 3. The van der Waals surface area contributed by atoms with Crippen LogP contribution in [0.5, 0.6) is 0 Å². The maximum absolute atomic E-state index is 13.4. The lowest BCUT2D eigenvalue weighted by Gasteiger charge is -2.31. The lowest BCUT2D eigenvalue weighted by atomic mass is 9.83. The van der Waals surface area contributed by atoms with E-state index in [9.17, 15) is 23.1 Å². The fourth-order valence-corrected chi connectivity index (χ4v) is 7.10. The van der Waals surface area contributed by atoms with Gasteiger partial charge in [-0.05, 0) is 84.9 Å². The van der Waals surface area contributed by atoms with Crippen LogP contribution in [-0.4, -0.2) is 15.6 Å². The van der Waals surface area contributed by atoms with Crippen LogP contribution in [-0.2, 0) is 17.4 Å². The molecule has 0 amide bonds. The molecule has 2 aliphatic rings. The van der Waals surface area contributed by atoms with Crippen molar-refractivity contribution in [3.63, 3.8) is 0 Å². The van der Waals surface area contributed by atoms with Crippen LogP contribution in [0, 0.1) is 5.92 Å². The maximum Gasteiger partial charge on any atom is 0.416 e. The number of halogens is 3. The molecule has 1 fully saturated rings. The zero-order chi connectivity index (χ0) is 27.7. The van der Waals surface area contributed by atoms with E-state index >= 15 is 0 Å². The van der Waals surface area contributed by atoms with Gasteiger partial charge < -0.3 is 9.67 Å². The van der Waals surface area contributed by atoms with Gasteiger partial charge in [0.25, 0.3) is 0 Å². The fraction of sp³-hybridized carbons (Fsp3) is 0.545. The van der Waals surface area contributed by atoms with Crippen LogP contribution in [0.4, 0.5) is 13.2 Å². The monoisotopic (exact) mass is 539 g/mol. The highest BCUT2D eigenvalue weighted by molar-refractivity contribution is 5.87. The van der Waals surface area contributed by atoms with Gasteiger partial charge in [-0.25, -0.2) is 0 Å². The number of rotatable bonds is 8. The van der Waals surface area contributed by atoms with Crippen molar-refractivity contribution in [2.75, 3.05) is 0 Å². The van der Waals surface area contributed by atoms with E-state index in [2.05, 4.69) is 36.6 Å². The smallest absolute Gasteiger partial charge is 0.416 e. The molecular formula is C33H40F3NO2. The number of alkyl halides is 3. The molecule has 2 aromatic carbocycles. The molecule has 0 aliphatic heterocycles. The van der Waals surface area contributed by atoms with E-state index in [1.54, 1.807) is 12.1 Å². The average molecular weight is 540 g/mol. The molecule has 1 saturated carbocycles. The molecule has 3 nitrogen and oxygen atoms in total. The van der Waals surface area contributed by atoms with E-state index in [1.165, 1.54) is 60.7 Å². The quantitative estimate of drug-likeness (QED) is 0.310. The second-order valence-electron chi connectivity index (χ2n) is 12.1. The van der Waals surface area contributed by atoms with Gasteiger partial charge in [-0.15, -0.1) is 0 Å². The number of carboxylic acids is 1. The highest BCUT2D eigenvalue weighted by atomic mass is 19.4. The summed E-state index contributed by atoms with van der Waals surface area (Å²) < 4.78 is 42.6. The van der Waals surface area contributed by atoms with Gasteiger partial charge in [-0.1, -0.05) is 64.2 Å². The summed E-state index contributed by atoms with van der Waals surface area (Å²) in [7, 11) is 0. The summed E-state index contributed by atoms with van der Waals surface area (Å²) in [6.45, 7) is 4.35. The first-order valence-corrected chi connectivity index (χ1v) is 14.7. The van der Waals surface area contributed by atoms with Gasteiger partial charge in [-0.2, -0.15) is 13.2 Å². The summed E-state index contributed by atoms with van der Waals surface area (Å²) >= 11 is 0. The molecule has 2 atom stereocenters. The Morgan fingerprint density at radius 1 is 0.974 bits per heavy atom. The van der Waals surface area contributed by atoms with Gasteiger partial charge in [0.15, 0.2) is 0 Å². The SMILES string of the molecule is CC(C)c1ccc2c(c1)c1c(n2[C@@H](CCC2CCCCC2)c2ccc(C(F)(F)F)cc2)[C@H](CC(=O)O)CCC1. The van der Waals surface area contributed by atoms with Crippen LogP contribution in [0.25, 0.3) is 10.9 Å². The normalized spacial score (nSPS) is 19.4. The Bertz CT molecular complexity index is 1300. The first-order chi connectivity index (χ1) is 18.6. The second kappa shape index (κ2) is 11.4. The number of carboxylic acid groups (broad SMARTS) is 1. The molecule has 1 heterocycles. The van der Waals surface area contributed by atoms with Crippen LogP contribution >= 0.6 is 0 Å². The summed E-state index contributed by atoms with van der Waals surface area (Å²) in [5, 5.41) is 11.0. The van der Waals surface area contributed by atoms with Crippen molar-refractivity contribution in [1.29, 1.82) is 0 Å². The third kappa shape index (κ3) is 5.90. The number of nitrogens with zero attached hydrogens (tertiary/aromatic N) is 1. The Kier molecular flexibility index (Phi) is 8.11. The lowest BCUT2D eigenvalue weighted by Crippen LogP contribution is -2.22. The molecule has 0 bridgehead atoms. The highest BCUT2D eigenvalue weighted by Gasteiger charge is 2.34. The lowest BCUT2D eigenvalue weighted by molar-refractivity contribution is -0.138. The Labute approximate surface area is 229 Å². The zero-order valence-corrected chi connectivity index (χ0v) is 23.1. The summed E-state index contributed by atoms with van der Waals surface area (Å²) in [6, 6.07) is 12.1. The summed E-state index contributed by atoms with van der Waals surface area (Å²) in [6.07, 6.45) is 6.41. The molecule has 0 spiro atoms. The summed E-state index contributed by atoms with van der Waals surface area (Å²) in [5.41, 5.74) is 4.88. The first-order valence-electron chi connectivity index (χ1n) is 14.7. The number of aromatic nitrogens is 1. The minimum absolute atomic E-state index is 0.0721. The van der Waals surface area contributed by atoms with Crippen LogP contribution in [0.2, 0.25) is 0 Å². The van der Waals surface area contributed by atoms with Crippen LogP contribution in [0.15, 0.2) is 42.5 Å². The molecule has 0 radical (unpaired) electrons. The van der Waals surface area contributed by atoms with E-state index in [0.29, 0.717) is 11.8 Å². The number of carbonyl (C=O) groups is 1. The van der Waals surface area contributed by atoms with Gasteiger partial charge >= 0.3 is 12.1 Å². The predicted octanol–water partition coefficient (Wildman–Crippen LogP) is 9.63. The van der Waals surface area contributed by atoms with Crippen molar-refractivity contribution < 1.29 is 23.1 Å². The molecule has 0 saturated heterocycles. The summed E-state index contributed by atoms with van der Waals surface area (Å²) in [4.78, 5) is 11.9. The maximum atomic E-state index is 13.4. The third-order valence-corrected chi connectivity index (χ3v) is 9.14. The van der Waals surface area contributed by atoms with E-state index < -0.39 is 17.7 Å².